The van der Waals surface area contributed by atoms with Gasteiger partial charge < -0.3 is 4.43 Å². The number of carbonyl (C=O) groups excluding carboxylic acids is 1. The molecule has 0 aromatic heterocycles. The Morgan fingerprint density at radius 3 is 2.63 bits per heavy atom. The summed E-state index contributed by atoms with van der Waals surface area (Å²) in [6, 6.07) is 0. The summed E-state index contributed by atoms with van der Waals surface area (Å²) in [5.74, 6) is -0.184. The predicted molar refractivity (Wildman–Crippen MR) is 81.8 cm³/mol. The van der Waals surface area contributed by atoms with E-state index in [0.29, 0.717) is 19.3 Å². The second kappa shape index (κ2) is 4.69. The second-order valence-electron chi connectivity index (χ2n) is 7.85. The van der Waals surface area contributed by atoms with Gasteiger partial charge in [0.25, 0.3) is 0 Å². The number of Topliss-reactive ketones (excluding diaryl/α,β-unsaturated/α-hetero) is 1. The van der Waals surface area contributed by atoms with Crippen molar-refractivity contribution in [3.8, 4) is 0 Å². The first-order valence-corrected chi connectivity index (χ1v) is 10.4. The van der Waals surface area contributed by atoms with E-state index >= 15 is 0 Å². The molecule has 0 aliphatic heterocycles. The van der Waals surface area contributed by atoms with Crippen LogP contribution in [0.25, 0.3) is 0 Å². The third-order valence-electron chi connectivity index (χ3n) is 5.57. The van der Waals surface area contributed by atoms with Crippen LogP contribution in [0.2, 0.25) is 18.1 Å². The van der Waals surface area contributed by atoms with Gasteiger partial charge in [-0.15, -0.1) is 0 Å². The molecular weight excluding hydrogens is 252 g/mol. The van der Waals surface area contributed by atoms with Crippen LogP contribution in [0.5, 0.6) is 0 Å². The van der Waals surface area contributed by atoms with E-state index in [1.165, 1.54) is 0 Å². The molecule has 19 heavy (non-hydrogen) atoms. The smallest absolute Gasteiger partial charge is 0.192 e. The lowest BCUT2D eigenvalue weighted by molar-refractivity contribution is -0.130. The van der Waals surface area contributed by atoms with Gasteiger partial charge in [-0.3, -0.25) is 4.79 Å². The monoisotopic (exact) mass is 285 g/mol. The zero-order valence-electron chi connectivity index (χ0n) is 16.0. The number of fused-ring (bicyclic) bond motifs is 1. The Balaban J connectivity index is 2.31. The fourth-order valence-corrected chi connectivity index (χ4v) is 4.66. The lowest BCUT2D eigenvalue weighted by Gasteiger charge is -2.46. The van der Waals surface area contributed by atoms with Crippen molar-refractivity contribution in [1.82, 2.24) is 0 Å². The molecule has 0 spiro atoms. The summed E-state index contributed by atoms with van der Waals surface area (Å²) in [5, 5.41) is 0.0930. The van der Waals surface area contributed by atoms with Gasteiger partial charge in [0.2, 0.25) is 0 Å². The topological polar surface area (TPSA) is 26.3 Å². The molecule has 3 atom stereocenters. The van der Waals surface area contributed by atoms with Gasteiger partial charge in [-0.05, 0) is 49.7 Å². The molecule has 0 saturated heterocycles. The van der Waals surface area contributed by atoms with E-state index in [1.54, 1.807) is 0 Å². The minimum absolute atomic E-state index is 0.0546. The molecule has 2 fully saturated rings. The average Bonchev–Trinajstić information content (AvgIpc) is 2.67. The molecule has 0 unspecified atom stereocenters. The lowest BCUT2D eigenvalue weighted by atomic mass is 9.68. The maximum absolute atomic E-state index is 12.5. The number of carbonyl (C=O) groups is 1. The summed E-state index contributed by atoms with van der Waals surface area (Å²) >= 11 is 0. The maximum Gasteiger partial charge on any atom is 0.192 e. The normalized spacial score (nSPS) is 39.4. The highest BCUT2D eigenvalue weighted by Gasteiger charge is 2.53. The van der Waals surface area contributed by atoms with Crippen molar-refractivity contribution >= 4 is 14.1 Å². The molecule has 2 nitrogen and oxygen atoms in total. The van der Waals surface area contributed by atoms with Gasteiger partial charge >= 0.3 is 0 Å². The van der Waals surface area contributed by atoms with E-state index in [-0.39, 0.29) is 22.8 Å². The van der Waals surface area contributed by atoms with Gasteiger partial charge in [-0.25, -0.2) is 0 Å². The molecule has 0 aromatic rings. The van der Waals surface area contributed by atoms with Crippen LogP contribution in [0.4, 0.5) is 0 Å². The zero-order chi connectivity index (χ0) is 17.0. The summed E-state index contributed by atoms with van der Waals surface area (Å²) in [6.07, 6.45) is 3.19. The van der Waals surface area contributed by atoms with Crippen molar-refractivity contribution in [2.75, 3.05) is 0 Å². The Morgan fingerprint density at radius 2 is 2.05 bits per heavy atom. The average molecular weight is 286 g/mol. The number of hydrogen-bond donors (Lipinski definition) is 0. The van der Waals surface area contributed by atoms with E-state index in [1.807, 2.05) is 0 Å². The van der Waals surface area contributed by atoms with E-state index in [4.69, 9.17) is 8.54 Å². The molecule has 110 valence electrons. The molecule has 0 bridgehead atoms. The van der Waals surface area contributed by atoms with Crippen LogP contribution < -0.4 is 0 Å². The van der Waals surface area contributed by atoms with Gasteiger partial charge in [0.1, 0.15) is 5.78 Å². The number of hydrogen-bond acceptors (Lipinski definition) is 2. The van der Waals surface area contributed by atoms with Crippen LogP contribution in [-0.2, 0) is 9.22 Å². The standard InChI is InChI=1S/C16H30O2Si/c1-15(2,3)19(5,6)18-13-8-7-11-16(4)12(13)9-10-14(16)17/h12-13H,7-11H2,1-6H3/t12-,13+,16-/m0/s1/i4D3. The first kappa shape index (κ1) is 11.5. The first-order chi connectivity index (χ1) is 9.83. The van der Waals surface area contributed by atoms with Crippen molar-refractivity contribution in [2.24, 2.45) is 11.3 Å². The molecule has 0 radical (unpaired) electrons. The van der Waals surface area contributed by atoms with E-state index in [2.05, 4.69) is 33.9 Å². The molecule has 0 amide bonds. The second-order valence-corrected chi connectivity index (χ2v) is 12.6. The van der Waals surface area contributed by atoms with Gasteiger partial charge in [0.05, 0.1) is 0 Å². The fourth-order valence-electron chi connectivity index (χ4n) is 3.27. The molecule has 0 heterocycles. The summed E-state index contributed by atoms with van der Waals surface area (Å²) < 4.78 is 30.5. The molecule has 2 saturated carbocycles. The quantitative estimate of drug-likeness (QED) is 0.696. The fraction of sp³-hybridized carbons (Fsp3) is 0.938. The minimum Gasteiger partial charge on any atom is -0.414 e. The largest absolute Gasteiger partial charge is 0.414 e. The highest BCUT2D eigenvalue weighted by molar-refractivity contribution is 6.74. The van der Waals surface area contributed by atoms with Crippen LogP contribution in [-0.4, -0.2) is 20.2 Å². The molecule has 0 N–H and O–H groups in total. The van der Waals surface area contributed by atoms with E-state index in [9.17, 15) is 4.79 Å². The van der Waals surface area contributed by atoms with Crippen molar-refractivity contribution in [3.63, 3.8) is 0 Å². The third kappa shape index (κ3) is 2.56. The first-order valence-electron chi connectivity index (χ1n) is 9.04. The highest BCUT2D eigenvalue weighted by Crippen LogP contribution is 2.52. The van der Waals surface area contributed by atoms with Gasteiger partial charge in [0.15, 0.2) is 8.32 Å². The minimum atomic E-state index is -2.21. The maximum atomic E-state index is 12.5. The van der Waals surface area contributed by atoms with Crippen molar-refractivity contribution in [1.29, 1.82) is 0 Å². The Morgan fingerprint density at radius 1 is 1.37 bits per heavy atom. The Hall–Kier alpha value is -0.153. The SMILES string of the molecule is [2H]C([2H])([2H])[C@]12CCC[C@@H](O[Si](C)(C)C(C)(C)C)[C@@H]1CCC2=O. The molecule has 0 aromatic carbocycles. The van der Waals surface area contributed by atoms with Gasteiger partial charge in [-0.1, -0.05) is 27.6 Å². The summed E-state index contributed by atoms with van der Waals surface area (Å²) in [6.45, 7) is 8.78. The van der Waals surface area contributed by atoms with Crippen molar-refractivity contribution < 1.29 is 13.3 Å². The van der Waals surface area contributed by atoms with E-state index in [0.717, 1.165) is 12.8 Å². The van der Waals surface area contributed by atoms with Crippen LogP contribution in [0, 0.1) is 11.3 Å². The van der Waals surface area contributed by atoms with E-state index < -0.39 is 20.6 Å². The predicted octanol–water partition coefficient (Wildman–Crippen LogP) is 4.55. The van der Waals surface area contributed by atoms with Crippen molar-refractivity contribution in [2.45, 2.75) is 84.0 Å². The van der Waals surface area contributed by atoms with Gasteiger partial charge in [-0.2, -0.15) is 0 Å². The Kier molecular flexibility index (Phi) is 2.84. The highest BCUT2D eigenvalue weighted by atomic mass is 28.4. The van der Waals surface area contributed by atoms with Crippen LogP contribution in [0.15, 0.2) is 0 Å². The zero-order valence-corrected chi connectivity index (χ0v) is 14.0. The Labute approximate surface area is 123 Å². The van der Waals surface area contributed by atoms with Crippen LogP contribution in [0.1, 0.15) is 63.8 Å². The lowest BCUT2D eigenvalue weighted by Crippen LogP contribution is -2.49. The third-order valence-corrected chi connectivity index (χ3v) is 10.1. The van der Waals surface area contributed by atoms with Crippen molar-refractivity contribution in [3.05, 3.63) is 0 Å². The summed E-state index contributed by atoms with van der Waals surface area (Å²) in [5.41, 5.74) is -1.14. The summed E-state index contributed by atoms with van der Waals surface area (Å²) in [7, 11) is -1.96. The number of ketones is 1. The van der Waals surface area contributed by atoms with Crippen LogP contribution in [0.3, 0.4) is 0 Å². The molecule has 3 heteroatoms. The number of rotatable bonds is 2. The Bertz CT molecular complexity index is 453. The molecule has 2 aliphatic rings. The molecule has 2 aliphatic carbocycles. The molecule has 2 rings (SSSR count). The summed E-state index contributed by atoms with van der Waals surface area (Å²) in [4.78, 5) is 12.5. The van der Waals surface area contributed by atoms with Gasteiger partial charge in [0, 0.05) is 22.1 Å². The molecular formula is C16H30O2Si. The van der Waals surface area contributed by atoms with Crippen LogP contribution >= 0.6 is 0 Å².